The molecular formula is C22H32N2O. The van der Waals surface area contributed by atoms with Gasteiger partial charge in [0.15, 0.2) is 0 Å². The number of fused-ring (bicyclic) bond motifs is 1. The lowest BCUT2D eigenvalue weighted by atomic mass is 9.72. The number of nitrogens with two attached hydrogens (primary N) is 1. The van der Waals surface area contributed by atoms with Crippen molar-refractivity contribution in [2.24, 2.45) is 17.1 Å². The van der Waals surface area contributed by atoms with Gasteiger partial charge in [0.25, 0.3) is 0 Å². The number of rotatable bonds is 3. The van der Waals surface area contributed by atoms with Crippen LogP contribution in [0.5, 0.6) is 5.88 Å². The third-order valence-electron chi connectivity index (χ3n) is 5.59. The Hall–Kier alpha value is -1.61. The average Bonchev–Trinajstić information content (AvgIpc) is 2.53. The molecular weight excluding hydrogens is 308 g/mol. The van der Waals surface area contributed by atoms with Gasteiger partial charge >= 0.3 is 0 Å². The number of hydrogen-bond acceptors (Lipinski definition) is 3. The zero-order valence-corrected chi connectivity index (χ0v) is 16.3. The van der Waals surface area contributed by atoms with Gasteiger partial charge in [0, 0.05) is 17.0 Å². The predicted octanol–water partition coefficient (Wildman–Crippen LogP) is 5.41. The highest BCUT2D eigenvalue weighted by molar-refractivity contribution is 5.80. The van der Waals surface area contributed by atoms with E-state index in [0.29, 0.717) is 11.5 Å². The molecule has 25 heavy (non-hydrogen) atoms. The normalized spacial score (nSPS) is 22.2. The van der Waals surface area contributed by atoms with Crippen molar-refractivity contribution >= 4 is 10.9 Å². The van der Waals surface area contributed by atoms with E-state index in [9.17, 15) is 0 Å². The molecule has 0 aliphatic heterocycles. The first-order valence-corrected chi connectivity index (χ1v) is 9.50. The van der Waals surface area contributed by atoms with Crippen LogP contribution in [0.15, 0.2) is 30.3 Å². The van der Waals surface area contributed by atoms with E-state index < -0.39 is 0 Å². The van der Waals surface area contributed by atoms with Crippen molar-refractivity contribution in [2.75, 3.05) is 0 Å². The fraction of sp³-hybridized carbons (Fsp3) is 0.591. The largest absolute Gasteiger partial charge is 0.474 e. The maximum absolute atomic E-state index is 6.20. The highest BCUT2D eigenvalue weighted by Gasteiger charge is 2.30. The van der Waals surface area contributed by atoms with E-state index in [1.54, 1.807) is 0 Å². The zero-order chi connectivity index (χ0) is 18.2. The Labute approximate surface area is 152 Å². The van der Waals surface area contributed by atoms with Gasteiger partial charge in [-0.15, -0.1) is 0 Å². The zero-order valence-electron chi connectivity index (χ0n) is 16.3. The molecule has 1 saturated carbocycles. The van der Waals surface area contributed by atoms with Crippen LogP contribution in [0.25, 0.3) is 10.9 Å². The van der Waals surface area contributed by atoms with Crippen molar-refractivity contribution in [2.45, 2.75) is 71.9 Å². The Bertz CT molecular complexity index is 732. The van der Waals surface area contributed by atoms with Gasteiger partial charge in [0.05, 0.1) is 5.52 Å². The molecule has 0 saturated heterocycles. The Morgan fingerprint density at radius 1 is 0.960 bits per heavy atom. The third kappa shape index (κ3) is 4.33. The second-order valence-corrected chi connectivity index (χ2v) is 9.24. The molecule has 0 bridgehead atoms. The molecule has 3 heteroatoms. The molecule has 1 aliphatic carbocycles. The van der Waals surface area contributed by atoms with E-state index in [1.807, 2.05) is 26.0 Å². The monoisotopic (exact) mass is 340 g/mol. The maximum atomic E-state index is 6.20. The summed E-state index contributed by atoms with van der Waals surface area (Å²) in [5.74, 6) is 1.54. The average molecular weight is 341 g/mol. The summed E-state index contributed by atoms with van der Waals surface area (Å²) in [5.41, 5.74) is 8.35. The molecule has 0 amide bonds. The summed E-state index contributed by atoms with van der Waals surface area (Å²) >= 11 is 0. The first-order valence-electron chi connectivity index (χ1n) is 9.50. The van der Waals surface area contributed by atoms with E-state index in [2.05, 4.69) is 39.0 Å². The lowest BCUT2D eigenvalue weighted by Gasteiger charge is -2.36. The van der Waals surface area contributed by atoms with Crippen LogP contribution in [0.2, 0.25) is 0 Å². The minimum Gasteiger partial charge on any atom is -0.474 e. The number of nitrogens with zero attached hydrogens (tertiary/aromatic N) is 1. The van der Waals surface area contributed by atoms with Crippen molar-refractivity contribution < 1.29 is 4.74 Å². The Morgan fingerprint density at radius 3 is 2.24 bits per heavy atom. The molecule has 0 unspecified atom stereocenters. The minimum absolute atomic E-state index is 0.297. The van der Waals surface area contributed by atoms with Crippen LogP contribution >= 0.6 is 0 Å². The lowest BCUT2D eigenvalue weighted by molar-refractivity contribution is 0.0854. The lowest BCUT2D eigenvalue weighted by Crippen LogP contribution is -2.30. The summed E-state index contributed by atoms with van der Waals surface area (Å²) < 4.78 is 6.19. The quantitative estimate of drug-likeness (QED) is 0.812. The molecule has 1 aromatic carbocycles. The van der Waals surface area contributed by atoms with Crippen LogP contribution in [-0.2, 0) is 5.54 Å². The summed E-state index contributed by atoms with van der Waals surface area (Å²) in [4.78, 5) is 4.70. The highest BCUT2D eigenvalue weighted by atomic mass is 16.5. The van der Waals surface area contributed by atoms with Gasteiger partial charge < -0.3 is 10.5 Å². The summed E-state index contributed by atoms with van der Waals surface area (Å²) in [6.07, 6.45) is 5.04. The first kappa shape index (κ1) is 18.2. The molecule has 3 nitrogen and oxygen atoms in total. The maximum Gasteiger partial charge on any atom is 0.214 e. The van der Waals surface area contributed by atoms with Crippen LogP contribution in [0, 0.1) is 11.3 Å². The van der Waals surface area contributed by atoms with Gasteiger partial charge in [-0.2, -0.15) is 0 Å². The van der Waals surface area contributed by atoms with E-state index in [1.165, 1.54) is 12.8 Å². The summed E-state index contributed by atoms with van der Waals surface area (Å²) in [6, 6.07) is 10.3. The second kappa shape index (κ2) is 6.60. The van der Waals surface area contributed by atoms with Crippen molar-refractivity contribution in [1.82, 2.24) is 4.98 Å². The molecule has 2 N–H and O–H groups in total. The van der Waals surface area contributed by atoms with Gasteiger partial charge in [-0.25, -0.2) is 4.98 Å². The van der Waals surface area contributed by atoms with Gasteiger partial charge in [-0.3, -0.25) is 0 Å². The molecule has 1 aromatic heterocycles. The number of aromatic nitrogens is 1. The van der Waals surface area contributed by atoms with Crippen LogP contribution in [-0.4, -0.2) is 11.1 Å². The molecule has 1 aliphatic rings. The number of benzene rings is 1. The van der Waals surface area contributed by atoms with Crippen molar-refractivity contribution in [3.8, 4) is 5.88 Å². The van der Waals surface area contributed by atoms with Crippen LogP contribution < -0.4 is 10.5 Å². The molecule has 0 atom stereocenters. The van der Waals surface area contributed by atoms with Crippen molar-refractivity contribution in [1.29, 1.82) is 0 Å². The van der Waals surface area contributed by atoms with E-state index in [4.69, 9.17) is 15.5 Å². The van der Waals surface area contributed by atoms with Gasteiger partial charge in [0.2, 0.25) is 5.88 Å². The topological polar surface area (TPSA) is 48.1 Å². The molecule has 136 valence electrons. The van der Waals surface area contributed by atoms with E-state index >= 15 is 0 Å². The second-order valence-electron chi connectivity index (χ2n) is 9.24. The van der Waals surface area contributed by atoms with Gasteiger partial charge in [-0.05, 0) is 74.6 Å². The fourth-order valence-electron chi connectivity index (χ4n) is 3.79. The molecule has 0 radical (unpaired) electrons. The van der Waals surface area contributed by atoms with E-state index in [-0.39, 0.29) is 5.54 Å². The van der Waals surface area contributed by atoms with Gasteiger partial charge in [0.1, 0.15) is 6.10 Å². The summed E-state index contributed by atoms with van der Waals surface area (Å²) in [7, 11) is 0. The van der Waals surface area contributed by atoms with Crippen molar-refractivity contribution in [3.05, 3.63) is 35.9 Å². The molecule has 1 fully saturated rings. The molecule has 2 aromatic rings. The fourth-order valence-corrected chi connectivity index (χ4v) is 3.79. The number of pyridine rings is 1. The summed E-state index contributed by atoms with van der Waals surface area (Å²) in [6.45, 7) is 11.1. The van der Waals surface area contributed by atoms with Crippen molar-refractivity contribution in [3.63, 3.8) is 0 Å². The predicted molar refractivity (Wildman–Crippen MR) is 105 cm³/mol. The molecule has 3 rings (SSSR count). The Kier molecular flexibility index (Phi) is 4.80. The van der Waals surface area contributed by atoms with Crippen LogP contribution in [0.1, 0.15) is 65.9 Å². The smallest absolute Gasteiger partial charge is 0.214 e. The van der Waals surface area contributed by atoms with Gasteiger partial charge in [-0.1, -0.05) is 26.8 Å². The number of ether oxygens (including phenoxy) is 1. The minimum atomic E-state index is -0.338. The SMILES string of the molecule is CC(C)(N)c1ccc2nc(OC3CCC(C(C)(C)C)CC3)ccc2c1. The van der Waals surface area contributed by atoms with Crippen LogP contribution in [0.4, 0.5) is 0 Å². The molecule has 1 heterocycles. The Balaban J connectivity index is 1.69. The van der Waals surface area contributed by atoms with E-state index in [0.717, 1.165) is 41.1 Å². The third-order valence-corrected chi connectivity index (χ3v) is 5.59. The first-order chi connectivity index (χ1) is 11.6. The summed E-state index contributed by atoms with van der Waals surface area (Å²) in [5, 5.41) is 1.11. The van der Waals surface area contributed by atoms with Crippen LogP contribution in [0.3, 0.4) is 0 Å². The number of hydrogen-bond donors (Lipinski definition) is 1. The standard InChI is InChI=1S/C22H32N2O/c1-21(2,3)16-7-10-18(11-8-16)25-20-13-6-15-14-17(22(4,5)23)9-12-19(15)24-20/h6,9,12-14,16,18H,7-8,10-11,23H2,1-5H3. The molecule has 0 spiro atoms. The highest BCUT2D eigenvalue weighted by Crippen LogP contribution is 2.38. The Morgan fingerprint density at radius 2 is 1.64 bits per heavy atom.